The SMILES string of the molecule is [2H]c1c([2H])c([2H])c(-c2cccc3c2c2c([2H])c([2H])c([2H])c([2H])c2n3-c2nc(-c3cccc(-c4ccccc4)c3)nc(-c3ccc4sc5ccccc5c4c3)n2)c([2H])c1[2H]. The smallest absolute Gasteiger partial charge is 0.238 e. The van der Waals surface area contributed by atoms with Gasteiger partial charge in [-0.2, -0.15) is 9.97 Å². The average molecular weight is 666 g/mol. The van der Waals surface area contributed by atoms with Crippen LogP contribution in [0.4, 0.5) is 0 Å². The number of thiophene rings is 1. The van der Waals surface area contributed by atoms with Crippen LogP contribution in [0.25, 0.3) is 93.0 Å². The fraction of sp³-hybridized carbons (Fsp3) is 0. The fourth-order valence-electron chi connectivity index (χ4n) is 6.62. The summed E-state index contributed by atoms with van der Waals surface area (Å²) in [5.74, 6) is 0.703. The minimum Gasteiger partial charge on any atom is -0.278 e. The first kappa shape index (κ1) is 20.8. The van der Waals surface area contributed by atoms with Crippen LogP contribution in [0, 0.1) is 0 Å². The molecule has 7 aromatic carbocycles. The highest BCUT2D eigenvalue weighted by Gasteiger charge is 2.20. The molecule has 5 heteroatoms. The quantitative estimate of drug-likeness (QED) is 0.184. The molecule has 0 N–H and O–H groups in total. The van der Waals surface area contributed by atoms with Gasteiger partial charge >= 0.3 is 0 Å². The van der Waals surface area contributed by atoms with Gasteiger partial charge in [0.15, 0.2) is 11.6 Å². The summed E-state index contributed by atoms with van der Waals surface area (Å²) in [6.07, 6.45) is 0. The van der Waals surface area contributed by atoms with Crippen molar-refractivity contribution in [3.05, 3.63) is 170 Å². The predicted molar refractivity (Wildman–Crippen MR) is 209 cm³/mol. The third kappa shape index (κ3) is 4.71. The Balaban J connectivity index is 1.32. The highest BCUT2D eigenvalue weighted by atomic mass is 32.1. The molecular weight excluding hydrogens is 629 g/mol. The normalized spacial score (nSPS) is 14.1. The standard InChI is InChI=1S/C45H28N4S/c1-3-13-29(14-4-1)31-17-11-18-32(27-31)43-46-44(33-25-26-41-37(28-33)35-19-8-10-24-40(35)50-41)48-45(47-43)49-38-22-9-7-20-36(38)42-34(21-12-23-39(42)49)30-15-5-2-6-16-30/h1-28H/i2D,5D,6D,7D,9D,15D,16D,20D,22D. The van der Waals surface area contributed by atoms with Gasteiger partial charge in [0.25, 0.3) is 0 Å². The molecule has 3 heterocycles. The van der Waals surface area contributed by atoms with E-state index in [2.05, 4.69) is 12.1 Å². The molecule has 10 rings (SSSR count). The molecule has 0 saturated heterocycles. The van der Waals surface area contributed by atoms with E-state index >= 15 is 0 Å². The number of hydrogen-bond donors (Lipinski definition) is 0. The van der Waals surface area contributed by atoms with Crippen molar-refractivity contribution in [2.24, 2.45) is 0 Å². The summed E-state index contributed by atoms with van der Waals surface area (Å²) in [6.45, 7) is 0. The van der Waals surface area contributed by atoms with Gasteiger partial charge in [0.2, 0.25) is 5.95 Å². The van der Waals surface area contributed by atoms with Crippen molar-refractivity contribution in [2.75, 3.05) is 0 Å². The minimum atomic E-state index is -0.546. The van der Waals surface area contributed by atoms with Crippen LogP contribution in [0.2, 0.25) is 0 Å². The molecule has 0 aliphatic heterocycles. The summed E-state index contributed by atoms with van der Waals surface area (Å²) >= 11 is 1.69. The Morgan fingerprint density at radius 2 is 1.16 bits per heavy atom. The van der Waals surface area contributed by atoms with Gasteiger partial charge in [-0.1, -0.05) is 127 Å². The monoisotopic (exact) mass is 665 g/mol. The molecule has 0 spiro atoms. The van der Waals surface area contributed by atoms with Crippen molar-refractivity contribution >= 4 is 53.3 Å². The second kappa shape index (κ2) is 11.6. The molecule has 0 amide bonds. The van der Waals surface area contributed by atoms with Crippen LogP contribution in [0.15, 0.2) is 170 Å². The van der Waals surface area contributed by atoms with Crippen molar-refractivity contribution in [2.45, 2.75) is 0 Å². The van der Waals surface area contributed by atoms with E-state index in [-0.39, 0.29) is 45.4 Å². The number of nitrogens with zero attached hydrogens (tertiary/aromatic N) is 4. The Morgan fingerprint density at radius 1 is 0.460 bits per heavy atom. The molecule has 0 aliphatic carbocycles. The highest BCUT2D eigenvalue weighted by molar-refractivity contribution is 7.25. The van der Waals surface area contributed by atoms with Crippen LogP contribution < -0.4 is 0 Å². The lowest BCUT2D eigenvalue weighted by Gasteiger charge is -2.12. The van der Waals surface area contributed by atoms with Crippen molar-refractivity contribution in [1.29, 1.82) is 0 Å². The van der Waals surface area contributed by atoms with Gasteiger partial charge in [0.05, 0.1) is 23.4 Å². The maximum Gasteiger partial charge on any atom is 0.238 e. The van der Waals surface area contributed by atoms with E-state index in [0.29, 0.717) is 28.3 Å². The van der Waals surface area contributed by atoms with Gasteiger partial charge in [0.1, 0.15) is 0 Å². The lowest BCUT2D eigenvalue weighted by molar-refractivity contribution is 0.954. The molecule has 10 aromatic rings. The molecule has 234 valence electrons. The maximum absolute atomic E-state index is 9.27. The van der Waals surface area contributed by atoms with E-state index < -0.39 is 42.3 Å². The summed E-state index contributed by atoms with van der Waals surface area (Å²) < 4.78 is 82.6. The van der Waals surface area contributed by atoms with Gasteiger partial charge in [-0.3, -0.25) is 4.57 Å². The zero-order chi connectivity index (χ0) is 40.9. The summed E-state index contributed by atoms with van der Waals surface area (Å²) in [5.41, 5.74) is 3.83. The second-order valence-corrected chi connectivity index (χ2v) is 12.9. The van der Waals surface area contributed by atoms with Crippen molar-refractivity contribution in [3.63, 3.8) is 0 Å². The summed E-state index contributed by atoms with van der Waals surface area (Å²) in [4.78, 5) is 15.1. The fourth-order valence-corrected chi connectivity index (χ4v) is 7.71. The average Bonchev–Trinajstić information content (AvgIpc) is 3.83. The maximum atomic E-state index is 9.27. The molecule has 0 saturated carbocycles. The first-order valence-electron chi connectivity index (χ1n) is 20.5. The zero-order valence-corrected chi connectivity index (χ0v) is 27.0. The lowest BCUT2D eigenvalue weighted by atomic mass is 9.99. The molecule has 0 bridgehead atoms. The van der Waals surface area contributed by atoms with Crippen molar-refractivity contribution in [1.82, 2.24) is 19.5 Å². The van der Waals surface area contributed by atoms with E-state index in [4.69, 9.17) is 24.5 Å². The van der Waals surface area contributed by atoms with Crippen LogP contribution in [0.1, 0.15) is 12.3 Å². The highest BCUT2D eigenvalue weighted by Crippen LogP contribution is 2.39. The van der Waals surface area contributed by atoms with E-state index in [1.165, 1.54) is 0 Å². The minimum absolute atomic E-state index is 0.0613. The van der Waals surface area contributed by atoms with Crippen LogP contribution in [-0.2, 0) is 0 Å². The third-order valence-electron chi connectivity index (χ3n) is 8.88. The molecular formula is C45H28N4S. The Hall–Kier alpha value is -6.43. The van der Waals surface area contributed by atoms with Gasteiger partial charge in [-0.15, -0.1) is 11.3 Å². The number of para-hydroxylation sites is 1. The molecule has 50 heavy (non-hydrogen) atoms. The van der Waals surface area contributed by atoms with E-state index in [1.807, 2.05) is 84.9 Å². The number of fused-ring (bicyclic) bond motifs is 6. The van der Waals surface area contributed by atoms with Gasteiger partial charge < -0.3 is 0 Å². The molecule has 0 unspecified atom stereocenters. The van der Waals surface area contributed by atoms with E-state index in [1.54, 1.807) is 34.1 Å². The van der Waals surface area contributed by atoms with E-state index in [9.17, 15) is 2.74 Å². The zero-order valence-electron chi connectivity index (χ0n) is 35.2. The Morgan fingerprint density at radius 3 is 2.04 bits per heavy atom. The van der Waals surface area contributed by atoms with Crippen LogP contribution in [0.3, 0.4) is 0 Å². The van der Waals surface area contributed by atoms with Gasteiger partial charge in [-0.25, -0.2) is 4.98 Å². The Bertz CT molecular complexity index is 3370. The summed E-state index contributed by atoms with van der Waals surface area (Å²) in [5, 5.41) is 2.48. The van der Waals surface area contributed by atoms with Crippen molar-refractivity contribution < 1.29 is 12.3 Å². The van der Waals surface area contributed by atoms with Crippen LogP contribution in [0.5, 0.6) is 0 Å². The molecule has 0 atom stereocenters. The number of benzene rings is 7. The summed E-state index contributed by atoms with van der Waals surface area (Å²) in [6, 6.07) is 32.8. The Kier molecular flexibility index (Phi) is 4.84. The number of rotatable bonds is 5. The van der Waals surface area contributed by atoms with Crippen LogP contribution in [-0.4, -0.2) is 19.5 Å². The largest absolute Gasteiger partial charge is 0.278 e. The Labute approximate surface area is 305 Å². The lowest BCUT2D eigenvalue weighted by Crippen LogP contribution is -2.06. The second-order valence-electron chi connectivity index (χ2n) is 11.8. The molecule has 0 aliphatic rings. The predicted octanol–water partition coefficient (Wildman–Crippen LogP) is 12.0. The first-order valence-corrected chi connectivity index (χ1v) is 16.8. The van der Waals surface area contributed by atoms with E-state index in [0.717, 1.165) is 31.3 Å². The van der Waals surface area contributed by atoms with Gasteiger partial charge in [0, 0.05) is 42.1 Å². The van der Waals surface area contributed by atoms with Gasteiger partial charge in [-0.05, 0) is 64.7 Å². The first-order chi connectivity index (χ1) is 28.5. The number of aromatic nitrogens is 4. The topological polar surface area (TPSA) is 43.6 Å². The molecule has 3 aromatic heterocycles. The van der Waals surface area contributed by atoms with Crippen LogP contribution >= 0.6 is 11.3 Å². The van der Waals surface area contributed by atoms with Crippen molar-refractivity contribution in [3.8, 4) is 51.0 Å². The molecule has 0 fully saturated rings. The number of hydrogen-bond acceptors (Lipinski definition) is 4. The summed E-state index contributed by atoms with van der Waals surface area (Å²) in [7, 11) is 0. The molecule has 0 radical (unpaired) electrons. The molecule has 4 nitrogen and oxygen atoms in total. The third-order valence-corrected chi connectivity index (χ3v) is 10.0.